The summed E-state index contributed by atoms with van der Waals surface area (Å²) in [6, 6.07) is 163. The van der Waals surface area contributed by atoms with Crippen molar-refractivity contribution in [2.24, 2.45) is 0 Å². The standard InChI is InChI=1S/2C44H27N3O.C38H23N3O/c1-3-12-28(13-4-1)29-14-11-15-31(26-29)44-45-42(35-23-25-40-41(43(35)46-44)34-19-8-10-21-39(34)48-40)30-22-24-38-36(27-30)33-18-7-9-20-37(33)47(38)32-16-5-2-6-17-32;1-2-12-28(13-3-1)29-14-10-15-30(26-29)31-16-11-17-32(27-31)43-45-42-36(24-25-40-41(42)35-20-6-9-23-39(35)48-40)44(46-43)47-37-21-7-4-18-33(37)34-19-5-8-22-38(34)47;1-3-11-24(12-4-1)36-29-20-22-34-35(28-16-8-10-18-33(28)42-34)37(29)40-38(39-36)25-19-21-32-30(23-25)27-15-7-9-17-31(27)41(32)26-13-5-2-6-14-26/h2*1-27H;1-23H. The van der Waals surface area contributed by atoms with Crippen LogP contribution in [0.3, 0.4) is 0 Å². The normalized spacial score (nSPS) is 11.8. The van der Waals surface area contributed by atoms with Crippen LogP contribution in [0.2, 0.25) is 0 Å². The van der Waals surface area contributed by atoms with Gasteiger partial charge in [-0.25, -0.2) is 29.9 Å². The molecule has 0 aliphatic carbocycles. The predicted octanol–water partition coefficient (Wildman–Crippen LogP) is 33.2. The van der Waals surface area contributed by atoms with Crippen molar-refractivity contribution in [2.45, 2.75) is 0 Å². The van der Waals surface area contributed by atoms with Crippen LogP contribution < -0.4 is 0 Å². The van der Waals surface area contributed by atoms with Crippen molar-refractivity contribution in [1.29, 1.82) is 0 Å². The SMILES string of the molecule is c1ccc(-c2cccc(-c3cccc(-c4nc(-n5c6ccccc6c6ccccc65)c5ccc6oc7ccccc7c6c5n4)c3)c2)cc1.c1ccc(-c2cccc(-c3nc(-c4ccc5c(c4)c4ccccc4n5-c4ccccc4)c4ccc5oc6ccccc6c5c4n3)c2)cc1.c1ccc(-c2nc(-c3ccc4c(c3)c3ccccc3n4-c3ccccc3)nc3c2ccc2oc4ccccc4c23)cc1. The molecule has 0 atom stereocenters. The Balaban J connectivity index is 0.000000105. The second-order valence-corrected chi connectivity index (χ2v) is 35.0. The van der Waals surface area contributed by atoms with Crippen LogP contribution in [-0.2, 0) is 0 Å². The molecule has 0 saturated carbocycles. The summed E-state index contributed by atoms with van der Waals surface area (Å²) in [5, 5.41) is 16.3. The number of para-hydroxylation sites is 9. The van der Waals surface area contributed by atoms with Gasteiger partial charge in [-0.2, -0.15) is 0 Å². The Hall–Kier alpha value is -18.8. The molecule has 9 heterocycles. The number of hydrogen-bond acceptors (Lipinski definition) is 9. The van der Waals surface area contributed by atoms with E-state index >= 15 is 0 Å². The molecule has 0 N–H and O–H groups in total. The van der Waals surface area contributed by atoms with Gasteiger partial charge in [0.25, 0.3) is 0 Å². The zero-order chi connectivity index (χ0) is 90.8. The van der Waals surface area contributed by atoms with E-state index in [9.17, 15) is 0 Å². The number of furan rings is 3. The maximum absolute atomic E-state index is 6.33. The van der Waals surface area contributed by atoms with Gasteiger partial charge in [0.15, 0.2) is 17.5 Å². The Bertz CT molecular complexity index is 9880. The van der Waals surface area contributed by atoms with Gasteiger partial charge in [0.1, 0.15) is 39.3 Å². The van der Waals surface area contributed by atoms with Gasteiger partial charge in [-0.3, -0.25) is 4.57 Å². The summed E-state index contributed by atoms with van der Waals surface area (Å²) in [4.78, 5) is 31.9. The molecule has 0 fully saturated rings. The average Bonchev–Trinajstić information content (AvgIpc) is 1.56. The zero-order valence-corrected chi connectivity index (χ0v) is 74.2. The van der Waals surface area contributed by atoms with Gasteiger partial charge in [-0.15, -0.1) is 0 Å². The zero-order valence-electron chi connectivity index (χ0n) is 74.2. The van der Waals surface area contributed by atoms with E-state index in [4.69, 9.17) is 43.2 Å². The maximum atomic E-state index is 6.33. The van der Waals surface area contributed by atoms with E-state index in [1.165, 1.54) is 54.5 Å². The minimum atomic E-state index is 0.665. The van der Waals surface area contributed by atoms with Crippen LogP contribution in [0.15, 0.2) is 480 Å². The first kappa shape index (κ1) is 79.0. The molecular weight excluding hydrogens is 1690 g/mol. The molecule has 644 valence electrons. The lowest BCUT2D eigenvalue weighted by Gasteiger charge is -2.14. The van der Waals surface area contributed by atoms with Crippen molar-refractivity contribution in [2.75, 3.05) is 0 Å². The number of rotatable bonds is 11. The van der Waals surface area contributed by atoms with Gasteiger partial charge in [-0.1, -0.05) is 315 Å². The van der Waals surface area contributed by atoms with Crippen molar-refractivity contribution >= 4 is 164 Å². The van der Waals surface area contributed by atoms with Crippen LogP contribution in [0.4, 0.5) is 0 Å². The molecule has 29 rings (SSSR count). The minimum Gasteiger partial charge on any atom is -0.456 e. The Morgan fingerprint density at radius 1 is 0.152 bits per heavy atom. The summed E-state index contributed by atoms with van der Waals surface area (Å²) < 4.78 is 25.8. The van der Waals surface area contributed by atoms with Crippen LogP contribution in [0.25, 0.3) is 271 Å². The highest BCUT2D eigenvalue weighted by molar-refractivity contribution is 6.23. The highest BCUT2D eigenvalue weighted by atomic mass is 16.3. The maximum Gasteiger partial charge on any atom is 0.162 e. The first-order valence-electron chi connectivity index (χ1n) is 46.4. The third-order valence-electron chi connectivity index (χ3n) is 27.0. The Morgan fingerprint density at radius 3 is 0.862 bits per heavy atom. The molecule has 0 radical (unpaired) electrons. The average molecular weight is 1770 g/mol. The Labute approximate surface area is 789 Å². The summed E-state index contributed by atoms with van der Waals surface area (Å²) in [6.07, 6.45) is 0. The molecule has 12 nitrogen and oxygen atoms in total. The summed E-state index contributed by atoms with van der Waals surface area (Å²) in [6.45, 7) is 0. The van der Waals surface area contributed by atoms with Gasteiger partial charge in [-0.05, 0) is 185 Å². The summed E-state index contributed by atoms with van der Waals surface area (Å²) in [7, 11) is 0. The van der Waals surface area contributed by atoms with E-state index in [0.717, 1.165) is 199 Å². The van der Waals surface area contributed by atoms with Gasteiger partial charge < -0.3 is 22.4 Å². The lowest BCUT2D eigenvalue weighted by molar-refractivity contribution is 0.669. The van der Waals surface area contributed by atoms with Crippen LogP contribution in [0.5, 0.6) is 0 Å². The van der Waals surface area contributed by atoms with Crippen molar-refractivity contribution in [3.63, 3.8) is 0 Å². The highest BCUT2D eigenvalue weighted by Gasteiger charge is 2.27. The topological polar surface area (TPSA) is 132 Å². The molecule has 29 aromatic rings. The van der Waals surface area contributed by atoms with Gasteiger partial charge in [0.2, 0.25) is 0 Å². The molecule has 9 aromatic heterocycles. The van der Waals surface area contributed by atoms with Gasteiger partial charge in [0.05, 0.1) is 77.2 Å². The molecule has 0 aliphatic rings. The van der Waals surface area contributed by atoms with E-state index in [-0.39, 0.29) is 0 Å². The summed E-state index contributed by atoms with van der Waals surface area (Å²) in [5.74, 6) is 2.88. The van der Waals surface area contributed by atoms with Crippen molar-refractivity contribution in [3.05, 3.63) is 467 Å². The van der Waals surface area contributed by atoms with Gasteiger partial charge >= 0.3 is 0 Å². The first-order valence-corrected chi connectivity index (χ1v) is 46.4. The molecule has 0 unspecified atom stereocenters. The molecule has 0 bridgehead atoms. The quantitative estimate of drug-likeness (QED) is 0.124. The third kappa shape index (κ3) is 13.3. The van der Waals surface area contributed by atoms with Crippen molar-refractivity contribution in [3.8, 4) is 107 Å². The number of aromatic nitrogens is 9. The molecule has 0 amide bonds. The number of hydrogen-bond donors (Lipinski definition) is 0. The molecule has 0 aliphatic heterocycles. The molecule has 20 aromatic carbocycles. The van der Waals surface area contributed by atoms with E-state index in [1.807, 2.05) is 66.7 Å². The van der Waals surface area contributed by atoms with Crippen molar-refractivity contribution in [1.82, 2.24) is 43.6 Å². The van der Waals surface area contributed by atoms with E-state index in [2.05, 4.69) is 414 Å². The predicted molar refractivity (Wildman–Crippen MR) is 567 cm³/mol. The molecule has 12 heteroatoms. The summed E-state index contributed by atoms with van der Waals surface area (Å²) in [5.41, 5.74) is 30.5. The monoisotopic (exact) mass is 1760 g/mol. The fourth-order valence-corrected chi connectivity index (χ4v) is 20.7. The third-order valence-corrected chi connectivity index (χ3v) is 27.0. The number of benzene rings is 20. The Kier molecular flexibility index (Phi) is 18.7. The molecule has 0 spiro atoms. The van der Waals surface area contributed by atoms with Gasteiger partial charge in [0, 0.05) is 104 Å². The Morgan fingerprint density at radius 2 is 0.435 bits per heavy atom. The molecule has 138 heavy (non-hydrogen) atoms. The van der Waals surface area contributed by atoms with Crippen LogP contribution >= 0.6 is 0 Å². The molecule has 0 saturated heterocycles. The minimum absolute atomic E-state index is 0.665. The van der Waals surface area contributed by atoms with Crippen LogP contribution in [0, 0.1) is 0 Å². The highest BCUT2D eigenvalue weighted by Crippen LogP contribution is 2.47. The van der Waals surface area contributed by atoms with E-state index in [0.29, 0.717) is 17.5 Å². The largest absolute Gasteiger partial charge is 0.456 e. The van der Waals surface area contributed by atoms with Crippen LogP contribution in [-0.4, -0.2) is 43.6 Å². The van der Waals surface area contributed by atoms with Crippen molar-refractivity contribution < 1.29 is 13.3 Å². The first-order chi connectivity index (χ1) is 68.4. The van der Waals surface area contributed by atoms with Crippen LogP contribution in [0.1, 0.15) is 0 Å². The smallest absolute Gasteiger partial charge is 0.162 e. The molecular formula is C126H77N9O3. The fraction of sp³-hybridized carbons (Fsp3) is 0. The number of nitrogens with zero attached hydrogens (tertiary/aromatic N) is 9. The second-order valence-electron chi connectivity index (χ2n) is 35.0. The lowest BCUT2D eigenvalue weighted by Crippen LogP contribution is -2.03. The lowest BCUT2D eigenvalue weighted by atomic mass is 9.98. The van der Waals surface area contributed by atoms with E-state index in [1.54, 1.807) is 0 Å². The second kappa shape index (κ2) is 32.6. The number of fused-ring (bicyclic) bond motifs is 24. The van der Waals surface area contributed by atoms with E-state index < -0.39 is 0 Å². The summed E-state index contributed by atoms with van der Waals surface area (Å²) >= 11 is 0. The fourth-order valence-electron chi connectivity index (χ4n) is 20.7.